The van der Waals surface area contributed by atoms with Crippen molar-refractivity contribution in [2.45, 2.75) is 6.42 Å². The predicted molar refractivity (Wildman–Crippen MR) is 78.7 cm³/mol. The van der Waals surface area contributed by atoms with E-state index in [1.54, 1.807) is 0 Å². The number of halogens is 1. The van der Waals surface area contributed by atoms with Gasteiger partial charge < -0.3 is 20.6 Å². The highest BCUT2D eigenvalue weighted by molar-refractivity contribution is 6.31. The molecule has 3 N–H and O–H groups in total. The first-order valence-corrected chi connectivity index (χ1v) is 6.48. The average Bonchev–Trinajstić information content (AvgIpc) is 2.45. The van der Waals surface area contributed by atoms with Crippen LogP contribution in [0.2, 0.25) is 5.02 Å². The fraction of sp³-hybridized carbons (Fsp3) is 0.308. The Morgan fingerprint density at radius 3 is 2.57 bits per heavy atom. The van der Waals surface area contributed by atoms with Gasteiger partial charge in [0.2, 0.25) is 5.91 Å². The summed E-state index contributed by atoms with van der Waals surface area (Å²) in [7, 11) is 3.02. The van der Waals surface area contributed by atoms with Crippen molar-refractivity contribution in [2.24, 2.45) is 0 Å². The topological polar surface area (TPSA) is 98.7 Å². The molecule has 21 heavy (non-hydrogen) atoms. The molecule has 0 aliphatic rings. The molecule has 7 nitrogen and oxygen atoms in total. The molecular weight excluding hydrogens is 298 g/mol. The van der Waals surface area contributed by atoms with Gasteiger partial charge in [-0.15, -0.1) is 0 Å². The van der Waals surface area contributed by atoms with Crippen molar-refractivity contribution < 1.29 is 19.5 Å². The number of carboxylic acid groups (broad SMARTS) is 1. The smallest absolute Gasteiger partial charge is 0.337 e. The minimum atomic E-state index is -1.19. The summed E-state index contributed by atoms with van der Waals surface area (Å²) < 4.78 is 0. The van der Waals surface area contributed by atoms with Crippen LogP contribution >= 0.6 is 11.6 Å². The molecule has 0 radical (unpaired) electrons. The number of anilines is 1. The van der Waals surface area contributed by atoms with Crippen LogP contribution in [0.1, 0.15) is 16.8 Å². The van der Waals surface area contributed by atoms with Crippen LogP contribution in [0.25, 0.3) is 0 Å². The monoisotopic (exact) mass is 313 g/mol. The Hall–Kier alpha value is -2.28. The van der Waals surface area contributed by atoms with E-state index in [-0.39, 0.29) is 35.1 Å². The highest BCUT2D eigenvalue weighted by Gasteiger charge is 2.15. The number of carboxylic acids is 1. The fourth-order valence-corrected chi connectivity index (χ4v) is 1.68. The Bertz CT molecular complexity index is 562. The Morgan fingerprint density at radius 2 is 2.00 bits per heavy atom. The van der Waals surface area contributed by atoms with E-state index in [1.165, 1.54) is 37.2 Å². The van der Waals surface area contributed by atoms with E-state index in [9.17, 15) is 14.4 Å². The van der Waals surface area contributed by atoms with Crippen LogP contribution in [-0.4, -0.2) is 48.6 Å². The van der Waals surface area contributed by atoms with E-state index in [4.69, 9.17) is 16.7 Å². The molecule has 0 atom stereocenters. The third-order valence-corrected chi connectivity index (χ3v) is 2.99. The lowest BCUT2D eigenvalue weighted by molar-refractivity contribution is -0.120. The van der Waals surface area contributed by atoms with Crippen LogP contribution in [0, 0.1) is 0 Å². The molecule has 0 fully saturated rings. The first-order chi connectivity index (χ1) is 9.85. The van der Waals surface area contributed by atoms with Crippen molar-refractivity contribution in [2.75, 3.05) is 26.0 Å². The molecule has 1 aromatic carbocycles. The van der Waals surface area contributed by atoms with E-state index in [0.717, 1.165) is 0 Å². The van der Waals surface area contributed by atoms with Crippen molar-refractivity contribution >= 4 is 35.2 Å². The summed E-state index contributed by atoms with van der Waals surface area (Å²) >= 11 is 5.73. The van der Waals surface area contributed by atoms with Crippen LogP contribution in [0.15, 0.2) is 18.2 Å². The lowest BCUT2D eigenvalue weighted by atomic mass is 10.2. The van der Waals surface area contributed by atoms with Gasteiger partial charge in [-0.05, 0) is 18.2 Å². The van der Waals surface area contributed by atoms with E-state index in [2.05, 4.69) is 10.6 Å². The van der Waals surface area contributed by atoms with Crippen molar-refractivity contribution in [3.63, 3.8) is 0 Å². The molecule has 0 spiro atoms. The van der Waals surface area contributed by atoms with Gasteiger partial charge in [-0.1, -0.05) is 11.6 Å². The number of hydrogen-bond donors (Lipinski definition) is 3. The van der Waals surface area contributed by atoms with Gasteiger partial charge in [-0.2, -0.15) is 0 Å². The van der Waals surface area contributed by atoms with Gasteiger partial charge in [0.15, 0.2) is 0 Å². The van der Waals surface area contributed by atoms with Gasteiger partial charge in [0.1, 0.15) is 0 Å². The molecule has 0 unspecified atom stereocenters. The van der Waals surface area contributed by atoms with Crippen molar-refractivity contribution in [1.82, 2.24) is 10.2 Å². The first kappa shape index (κ1) is 16.8. The van der Waals surface area contributed by atoms with Crippen molar-refractivity contribution in [3.8, 4) is 0 Å². The summed E-state index contributed by atoms with van der Waals surface area (Å²) in [5.41, 5.74) is 0.0410. The van der Waals surface area contributed by atoms with Gasteiger partial charge in [-0.3, -0.25) is 4.79 Å². The van der Waals surface area contributed by atoms with Gasteiger partial charge >= 0.3 is 12.0 Å². The Morgan fingerprint density at radius 1 is 1.33 bits per heavy atom. The number of benzene rings is 1. The maximum atomic E-state index is 11.9. The lowest BCUT2D eigenvalue weighted by Crippen LogP contribution is -2.34. The fourth-order valence-electron chi connectivity index (χ4n) is 1.51. The quantitative estimate of drug-likeness (QED) is 0.769. The van der Waals surface area contributed by atoms with Gasteiger partial charge in [0.25, 0.3) is 0 Å². The highest BCUT2D eigenvalue weighted by atomic mass is 35.5. The maximum Gasteiger partial charge on any atom is 0.337 e. The average molecular weight is 314 g/mol. The molecule has 0 aliphatic carbocycles. The maximum absolute atomic E-state index is 11.9. The third-order valence-electron chi connectivity index (χ3n) is 2.75. The zero-order valence-electron chi connectivity index (χ0n) is 11.6. The van der Waals surface area contributed by atoms with Crippen molar-refractivity contribution in [3.05, 3.63) is 28.8 Å². The van der Waals surface area contributed by atoms with Crippen LogP contribution in [0.5, 0.6) is 0 Å². The van der Waals surface area contributed by atoms with Crippen LogP contribution in [0.3, 0.4) is 0 Å². The number of rotatable bonds is 5. The molecule has 114 valence electrons. The minimum absolute atomic E-state index is 0.101. The number of hydrogen-bond acceptors (Lipinski definition) is 3. The number of amides is 3. The van der Waals surface area contributed by atoms with E-state index < -0.39 is 12.0 Å². The normalized spacial score (nSPS) is 9.86. The van der Waals surface area contributed by atoms with Crippen LogP contribution < -0.4 is 10.6 Å². The summed E-state index contributed by atoms with van der Waals surface area (Å²) in [6, 6.07) is 3.64. The second kappa shape index (κ2) is 7.49. The number of carbonyl (C=O) groups is 3. The molecule has 0 heterocycles. The molecule has 1 rings (SSSR count). The summed E-state index contributed by atoms with van der Waals surface area (Å²) in [5.74, 6) is -1.38. The zero-order valence-corrected chi connectivity index (χ0v) is 12.4. The molecule has 0 aromatic heterocycles. The van der Waals surface area contributed by atoms with Crippen molar-refractivity contribution in [1.29, 1.82) is 0 Å². The largest absolute Gasteiger partial charge is 0.478 e. The van der Waals surface area contributed by atoms with E-state index in [0.29, 0.717) is 0 Å². The van der Waals surface area contributed by atoms with Gasteiger partial charge in [0, 0.05) is 32.1 Å². The number of nitrogens with zero attached hydrogens (tertiary/aromatic N) is 1. The first-order valence-electron chi connectivity index (χ1n) is 6.10. The van der Waals surface area contributed by atoms with E-state index >= 15 is 0 Å². The summed E-state index contributed by atoms with van der Waals surface area (Å²) in [4.78, 5) is 35.4. The van der Waals surface area contributed by atoms with Crippen LogP contribution in [-0.2, 0) is 4.79 Å². The predicted octanol–water partition coefficient (Wildman–Crippen LogP) is 1.64. The highest BCUT2D eigenvalue weighted by Crippen LogP contribution is 2.21. The molecule has 0 bridgehead atoms. The van der Waals surface area contributed by atoms with Gasteiger partial charge in [-0.25, -0.2) is 9.59 Å². The Kier molecular flexibility index (Phi) is 5.98. The summed E-state index contributed by atoms with van der Waals surface area (Å²) in [6.45, 7) is 0.210. The van der Waals surface area contributed by atoms with Crippen LogP contribution in [0.4, 0.5) is 10.5 Å². The lowest BCUT2D eigenvalue weighted by Gasteiger charge is -2.18. The number of nitrogens with one attached hydrogen (secondary N) is 2. The van der Waals surface area contributed by atoms with Gasteiger partial charge in [0.05, 0.1) is 11.3 Å². The minimum Gasteiger partial charge on any atom is -0.478 e. The molecular formula is C13H16ClN3O4. The molecule has 1 aromatic rings. The number of urea groups is 1. The Labute approximate surface area is 126 Å². The SMILES string of the molecule is CNC(=O)CCN(C)C(=O)Nc1ccc(Cl)cc1C(=O)O. The number of aromatic carboxylic acids is 1. The standard InChI is InChI=1S/C13H16ClN3O4/c1-15-11(18)5-6-17(2)13(21)16-10-4-3-8(14)7-9(10)12(19)20/h3-4,7H,5-6H2,1-2H3,(H,15,18)(H,16,21)(H,19,20). The molecule has 0 saturated heterocycles. The van der Waals surface area contributed by atoms with E-state index in [1.807, 2.05) is 0 Å². The Balaban J connectivity index is 2.74. The third kappa shape index (κ3) is 4.96. The molecule has 8 heteroatoms. The second-order valence-corrected chi connectivity index (χ2v) is 4.71. The second-order valence-electron chi connectivity index (χ2n) is 4.27. The number of carbonyl (C=O) groups excluding carboxylic acids is 2. The summed E-state index contributed by atoms with van der Waals surface area (Å²) in [5, 5.41) is 14.3. The molecule has 3 amide bonds. The zero-order chi connectivity index (χ0) is 16.0. The molecule has 0 saturated carbocycles. The molecule has 0 aliphatic heterocycles. The summed E-state index contributed by atoms with van der Waals surface area (Å²) in [6.07, 6.45) is 0.160.